The van der Waals surface area contributed by atoms with Crippen molar-refractivity contribution < 1.29 is 9.59 Å². The Labute approximate surface area is 164 Å². The average molecular weight is 383 g/mol. The van der Waals surface area contributed by atoms with Gasteiger partial charge in [0, 0.05) is 34.2 Å². The van der Waals surface area contributed by atoms with E-state index in [0.717, 1.165) is 24.6 Å². The van der Waals surface area contributed by atoms with E-state index >= 15 is 0 Å². The molecule has 1 aliphatic rings. The van der Waals surface area contributed by atoms with Crippen LogP contribution in [0.25, 0.3) is 0 Å². The van der Waals surface area contributed by atoms with Gasteiger partial charge >= 0.3 is 0 Å². The van der Waals surface area contributed by atoms with Gasteiger partial charge in [-0.3, -0.25) is 24.2 Å². The Morgan fingerprint density at radius 2 is 1.86 bits per heavy atom. The van der Waals surface area contributed by atoms with Crippen LogP contribution in [0, 0.1) is 0 Å². The number of carbonyl (C=O) groups excluding carboxylic acids is 2. The third-order valence-electron chi connectivity index (χ3n) is 4.73. The molecule has 1 N–H and O–H groups in total. The molecule has 0 atom stereocenters. The van der Waals surface area contributed by atoms with Gasteiger partial charge in [0.15, 0.2) is 5.96 Å². The highest BCUT2D eigenvalue weighted by Gasteiger charge is 2.34. The molecule has 1 aromatic heterocycles. The molecule has 3 rings (SSSR count). The molecule has 148 valence electrons. The summed E-state index contributed by atoms with van der Waals surface area (Å²) in [7, 11) is 5.52. The molecule has 1 aliphatic heterocycles. The Morgan fingerprint density at radius 3 is 2.43 bits per heavy atom. The molecule has 2 heterocycles. The van der Waals surface area contributed by atoms with E-state index in [4.69, 9.17) is 0 Å². The third kappa shape index (κ3) is 4.03. The summed E-state index contributed by atoms with van der Waals surface area (Å²) in [6.07, 6.45) is 3.06. The lowest BCUT2D eigenvalue weighted by Crippen LogP contribution is -2.39. The van der Waals surface area contributed by atoms with Crippen molar-refractivity contribution in [2.75, 3.05) is 27.2 Å². The van der Waals surface area contributed by atoms with Gasteiger partial charge in [-0.05, 0) is 25.0 Å². The van der Waals surface area contributed by atoms with Crippen LogP contribution in [0.1, 0.15) is 39.4 Å². The molecule has 0 spiro atoms. The van der Waals surface area contributed by atoms with Crippen LogP contribution in [-0.2, 0) is 13.6 Å². The van der Waals surface area contributed by atoms with Crippen molar-refractivity contribution in [3.63, 3.8) is 0 Å². The number of unbranched alkanes of at least 4 members (excludes halogenated alkanes) is 1. The number of aromatic nitrogens is 3. The number of rotatable bonds is 7. The second kappa shape index (κ2) is 8.64. The number of imide groups is 1. The first kappa shape index (κ1) is 19.5. The first-order chi connectivity index (χ1) is 13.5. The van der Waals surface area contributed by atoms with Crippen molar-refractivity contribution >= 4 is 17.8 Å². The average Bonchev–Trinajstić information content (AvgIpc) is 3.20. The minimum absolute atomic E-state index is 0.201. The van der Waals surface area contributed by atoms with Crippen molar-refractivity contribution in [2.45, 2.75) is 19.4 Å². The maximum atomic E-state index is 12.3. The van der Waals surface area contributed by atoms with Crippen molar-refractivity contribution in [2.24, 2.45) is 12.0 Å². The molecule has 0 aliphatic carbocycles. The van der Waals surface area contributed by atoms with E-state index in [0.29, 0.717) is 30.8 Å². The van der Waals surface area contributed by atoms with E-state index in [1.54, 1.807) is 36.0 Å². The van der Waals surface area contributed by atoms with Gasteiger partial charge in [-0.15, -0.1) is 0 Å². The predicted octanol–water partition coefficient (Wildman–Crippen LogP) is 0.899. The Morgan fingerprint density at radius 1 is 1.18 bits per heavy atom. The van der Waals surface area contributed by atoms with Gasteiger partial charge in [-0.2, -0.15) is 5.10 Å². The minimum atomic E-state index is -0.201. The van der Waals surface area contributed by atoms with Gasteiger partial charge in [0.1, 0.15) is 12.2 Å². The second-order valence-corrected chi connectivity index (χ2v) is 6.64. The third-order valence-corrected chi connectivity index (χ3v) is 4.73. The smallest absolute Gasteiger partial charge is 0.261 e. The van der Waals surface area contributed by atoms with Crippen LogP contribution in [0.15, 0.2) is 35.6 Å². The number of aryl methyl sites for hydroxylation is 1. The molecule has 2 aromatic rings. The molecular weight excluding hydrogens is 358 g/mol. The van der Waals surface area contributed by atoms with Crippen LogP contribution < -0.4 is 5.32 Å². The summed E-state index contributed by atoms with van der Waals surface area (Å²) in [5, 5.41) is 7.36. The van der Waals surface area contributed by atoms with Crippen molar-refractivity contribution in [1.29, 1.82) is 0 Å². The number of amides is 2. The van der Waals surface area contributed by atoms with Gasteiger partial charge in [-0.25, -0.2) is 4.98 Å². The number of benzene rings is 1. The lowest BCUT2D eigenvalue weighted by Gasteiger charge is -2.21. The SMILES string of the molecule is CN=C(NCCCCN1C(=O)c2ccccc2C1=O)N(C)Cc1ncnn1C. The molecule has 2 amide bonds. The van der Waals surface area contributed by atoms with Crippen LogP contribution in [0.5, 0.6) is 0 Å². The Kier molecular flexibility index (Phi) is 6.03. The highest BCUT2D eigenvalue weighted by Crippen LogP contribution is 2.22. The fourth-order valence-electron chi connectivity index (χ4n) is 3.17. The van der Waals surface area contributed by atoms with Gasteiger partial charge < -0.3 is 10.2 Å². The fraction of sp³-hybridized carbons (Fsp3) is 0.421. The molecule has 0 fully saturated rings. The Balaban J connectivity index is 1.42. The zero-order valence-corrected chi connectivity index (χ0v) is 16.4. The monoisotopic (exact) mass is 383 g/mol. The van der Waals surface area contributed by atoms with Gasteiger partial charge in [0.2, 0.25) is 0 Å². The summed E-state index contributed by atoms with van der Waals surface area (Å²) in [5.74, 6) is 1.19. The Hall–Kier alpha value is -3.23. The number of aliphatic imine (C=N–C) groups is 1. The molecule has 9 heteroatoms. The molecule has 0 unspecified atom stereocenters. The second-order valence-electron chi connectivity index (χ2n) is 6.64. The number of guanidine groups is 1. The lowest BCUT2D eigenvalue weighted by atomic mass is 10.1. The quantitative estimate of drug-likeness (QED) is 0.330. The van der Waals surface area contributed by atoms with Crippen LogP contribution in [0.2, 0.25) is 0 Å². The van der Waals surface area contributed by atoms with Crippen molar-refractivity contribution in [3.05, 3.63) is 47.5 Å². The zero-order chi connectivity index (χ0) is 20.1. The van der Waals surface area contributed by atoms with E-state index in [1.165, 1.54) is 11.2 Å². The number of carbonyl (C=O) groups is 2. The minimum Gasteiger partial charge on any atom is -0.356 e. The van der Waals surface area contributed by atoms with E-state index < -0.39 is 0 Å². The highest BCUT2D eigenvalue weighted by atomic mass is 16.2. The van der Waals surface area contributed by atoms with Crippen LogP contribution in [0.3, 0.4) is 0 Å². The van der Waals surface area contributed by atoms with Crippen LogP contribution in [-0.4, -0.2) is 69.5 Å². The fourth-order valence-corrected chi connectivity index (χ4v) is 3.17. The van der Waals surface area contributed by atoms with Gasteiger partial charge in [0.05, 0.1) is 17.7 Å². The predicted molar refractivity (Wildman–Crippen MR) is 105 cm³/mol. The summed E-state index contributed by atoms with van der Waals surface area (Å²) < 4.78 is 1.73. The maximum Gasteiger partial charge on any atom is 0.261 e. The molecule has 1 aromatic carbocycles. The molecule has 9 nitrogen and oxygen atoms in total. The molecule has 0 radical (unpaired) electrons. The first-order valence-electron chi connectivity index (χ1n) is 9.22. The summed E-state index contributed by atoms with van der Waals surface area (Å²) in [5.41, 5.74) is 0.993. The summed E-state index contributed by atoms with van der Waals surface area (Å²) in [6, 6.07) is 6.96. The molecular formula is C19H25N7O2. The van der Waals surface area contributed by atoms with Crippen molar-refractivity contribution in [3.8, 4) is 0 Å². The Bertz CT molecular complexity index is 855. The summed E-state index contributed by atoms with van der Waals surface area (Å²) >= 11 is 0. The largest absolute Gasteiger partial charge is 0.356 e. The van der Waals surface area contributed by atoms with E-state index in [1.807, 2.05) is 19.0 Å². The first-order valence-corrected chi connectivity index (χ1v) is 9.22. The number of hydrogen-bond acceptors (Lipinski definition) is 5. The standard InChI is InChI=1S/C19H25N7O2/c1-20-19(24(2)12-16-22-13-23-25(16)3)21-10-6-7-11-26-17(27)14-8-4-5-9-15(14)18(26)28/h4-5,8-9,13H,6-7,10-12H2,1-3H3,(H,20,21). The lowest BCUT2D eigenvalue weighted by molar-refractivity contribution is 0.0652. The zero-order valence-electron chi connectivity index (χ0n) is 16.4. The van der Waals surface area contributed by atoms with E-state index in [2.05, 4.69) is 20.4 Å². The molecule has 0 saturated heterocycles. The number of nitrogens with zero attached hydrogens (tertiary/aromatic N) is 6. The van der Waals surface area contributed by atoms with E-state index in [-0.39, 0.29) is 11.8 Å². The van der Waals surface area contributed by atoms with E-state index in [9.17, 15) is 9.59 Å². The summed E-state index contributed by atoms with van der Waals surface area (Å²) in [4.78, 5) is 36.5. The molecule has 28 heavy (non-hydrogen) atoms. The topological polar surface area (TPSA) is 95.7 Å². The maximum absolute atomic E-state index is 12.3. The highest BCUT2D eigenvalue weighted by molar-refractivity contribution is 6.21. The van der Waals surface area contributed by atoms with Crippen LogP contribution in [0.4, 0.5) is 0 Å². The number of nitrogens with one attached hydrogen (secondary N) is 1. The molecule has 0 saturated carbocycles. The number of fused-ring (bicyclic) bond motifs is 1. The van der Waals surface area contributed by atoms with Gasteiger partial charge in [-0.1, -0.05) is 12.1 Å². The number of hydrogen-bond donors (Lipinski definition) is 1. The normalized spacial score (nSPS) is 13.8. The van der Waals surface area contributed by atoms with Gasteiger partial charge in [0.25, 0.3) is 11.8 Å². The molecule has 0 bridgehead atoms. The van der Waals surface area contributed by atoms with Crippen LogP contribution >= 0.6 is 0 Å². The summed E-state index contributed by atoms with van der Waals surface area (Å²) in [6.45, 7) is 1.70. The van der Waals surface area contributed by atoms with Crippen molar-refractivity contribution in [1.82, 2.24) is 29.9 Å².